The highest BCUT2D eigenvalue weighted by atomic mass is 32.1. The monoisotopic (exact) mass is 319 g/mol. The number of ether oxygens (including phenoxy) is 1. The fraction of sp³-hybridized carbons (Fsp3) is 0.375. The van der Waals surface area contributed by atoms with E-state index in [9.17, 15) is 9.59 Å². The molecule has 0 radical (unpaired) electrons. The molecule has 0 N–H and O–H groups in total. The number of thiophene rings is 1. The standard InChI is InChI=1S/C16H17NO4S/c1-10-7-13(8-15(18)20-10)21-12-5-6-17(9-12)16(19)14-4-3-11(2)22-14/h3-4,7-8,12H,5-6,9H2,1-2H3. The Morgan fingerprint density at radius 2 is 2.18 bits per heavy atom. The molecule has 1 saturated heterocycles. The van der Waals surface area contributed by atoms with E-state index in [4.69, 9.17) is 9.15 Å². The number of likely N-dealkylation sites (tertiary alicyclic amines) is 1. The van der Waals surface area contributed by atoms with E-state index in [1.807, 2.05) is 19.1 Å². The van der Waals surface area contributed by atoms with E-state index in [0.29, 0.717) is 24.6 Å². The quantitative estimate of drug-likeness (QED) is 0.872. The lowest BCUT2D eigenvalue weighted by Crippen LogP contribution is -2.30. The van der Waals surface area contributed by atoms with E-state index in [1.54, 1.807) is 17.9 Å². The van der Waals surface area contributed by atoms with E-state index in [0.717, 1.165) is 16.2 Å². The van der Waals surface area contributed by atoms with Gasteiger partial charge in [0.15, 0.2) is 0 Å². The first-order valence-corrected chi connectivity index (χ1v) is 7.97. The predicted molar refractivity (Wildman–Crippen MR) is 83.7 cm³/mol. The minimum absolute atomic E-state index is 0.0490. The topological polar surface area (TPSA) is 59.8 Å². The molecule has 0 aliphatic carbocycles. The van der Waals surface area contributed by atoms with Gasteiger partial charge in [0.1, 0.15) is 17.6 Å². The number of rotatable bonds is 3. The molecule has 5 nitrogen and oxygen atoms in total. The van der Waals surface area contributed by atoms with Crippen LogP contribution in [0.3, 0.4) is 0 Å². The Balaban J connectivity index is 1.65. The molecule has 0 saturated carbocycles. The van der Waals surface area contributed by atoms with Crippen molar-refractivity contribution in [2.24, 2.45) is 0 Å². The molecule has 22 heavy (non-hydrogen) atoms. The zero-order valence-corrected chi connectivity index (χ0v) is 13.3. The van der Waals surface area contributed by atoms with Crippen molar-refractivity contribution in [2.75, 3.05) is 13.1 Å². The third-order valence-electron chi connectivity index (χ3n) is 3.55. The number of carbonyl (C=O) groups excluding carboxylic acids is 1. The van der Waals surface area contributed by atoms with Gasteiger partial charge in [0, 0.05) is 23.9 Å². The lowest BCUT2D eigenvalue weighted by Gasteiger charge is -2.16. The maximum atomic E-state index is 12.4. The zero-order valence-electron chi connectivity index (χ0n) is 12.5. The fourth-order valence-corrected chi connectivity index (χ4v) is 3.39. The highest BCUT2D eigenvalue weighted by Gasteiger charge is 2.29. The number of amides is 1. The summed E-state index contributed by atoms with van der Waals surface area (Å²) in [5, 5.41) is 0. The summed E-state index contributed by atoms with van der Waals surface area (Å²) in [6.45, 7) is 4.90. The summed E-state index contributed by atoms with van der Waals surface area (Å²) in [7, 11) is 0. The van der Waals surface area contributed by atoms with Crippen molar-refractivity contribution in [1.82, 2.24) is 4.90 Å². The van der Waals surface area contributed by atoms with Crippen molar-refractivity contribution in [3.05, 3.63) is 50.2 Å². The predicted octanol–water partition coefficient (Wildman–Crippen LogP) is 2.61. The highest BCUT2D eigenvalue weighted by molar-refractivity contribution is 7.13. The van der Waals surface area contributed by atoms with Gasteiger partial charge < -0.3 is 14.1 Å². The second kappa shape index (κ2) is 5.96. The van der Waals surface area contributed by atoms with Crippen molar-refractivity contribution in [3.8, 4) is 5.75 Å². The van der Waals surface area contributed by atoms with Gasteiger partial charge >= 0.3 is 5.63 Å². The molecule has 3 heterocycles. The second-order valence-corrected chi connectivity index (χ2v) is 6.70. The molecule has 0 spiro atoms. The van der Waals surface area contributed by atoms with Crippen molar-refractivity contribution >= 4 is 17.2 Å². The van der Waals surface area contributed by atoms with Crippen molar-refractivity contribution in [2.45, 2.75) is 26.4 Å². The summed E-state index contributed by atoms with van der Waals surface area (Å²) in [6, 6.07) is 6.84. The average Bonchev–Trinajstić information content (AvgIpc) is 3.06. The molecule has 1 fully saturated rings. The summed E-state index contributed by atoms with van der Waals surface area (Å²) >= 11 is 1.51. The van der Waals surface area contributed by atoms with Crippen LogP contribution in [-0.2, 0) is 0 Å². The molecule has 1 unspecified atom stereocenters. The van der Waals surface area contributed by atoms with Gasteiger partial charge in [0.25, 0.3) is 5.91 Å². The third kappa shape index (κ3) is 3.22. The molecule has 1 amide bonds. The maximum Gasteiger partial charge on any atom is 0.339 e. The molecule has 1 atom stereocenters. The van der Waals surface area contributed by atoms with Gasteiger partial charge in [-0.1, -0.05) is 0 Å². The van der Waals surface area contributed by atoms with E-state index < -0.39 is 5.63 Å². The van der Waals surface area contributed by atoms with Crippen molar-refractivity contribution in [1.29, 1.82) is 0 Å². The second-order valence-electron chi connectivity index (χ2n) is 5.41. The Hall–Kier alpha value is -2.08. The normalized spacial score (nSPS) is 17.7. The Bertz CT molecular complexity index is 749. The summed E-state index contributed by atoms with van der Waals surface area (Å²) in [4.78, 5) is 27.4. The number of aryl methyl sites for hydroxylation is 2. The molecule has 1 aliphatic rings. The average molecular weight is 319 g/mol. The van der Waals surface area contributed by atoms with Crippen LogP contribution in [0.4, 0.5) is 0 Å². The SMILES string of the molecule is Cc1cc(OC2CCN(C(=O)c3ccc(C)s3)C2)cc(=O)o1. The van der Waals surface area contributed by atoms with E-state index >= 15 is 0 Å². The van der Waals surface area contributed by atoms with Crippen LogP contribution in [0.25, 0.3) is 0 Å². The summed E-state index contributed by atoms with van der Waals surface area (Å²) in [6.07, 6.45) is 0.668. The number of carbonyl (C=O) groups is 1. The Morgan fingerprint density at radius 1 is 1.36 bits per heavy atom. The summed E-state index contributed by atoms with van der Waals surface area (Å²) in [5.41, 5.74) is -0.421. The van der Waals surface area contributed by atoms with Gasteiger partial charge in [0.2, 0.25) is 0 Å². The smallest absolute Gasteiger partial charge is 0.339 e. The van der Waals surface area contributed by atoms with Crippen molar-refractivity contribution < 1.29 is 13.9 Å². The largest absolute Gasteiger partial charge is 0.488 e. The molecule has 3 rings (SSSR count). The van der Waals surface area contributed by atoms with Crippen molar-refractivity contribution in [3.63, 3.8) is 0 Å². The van der Waals surface area contributed by atoms with E-state index in [2.05, 4.69) is 0 Å². The van der Waals surface area contributed by atoms with Gasteiger partial charge in [-0.2, -0.15) is 0 Å². The highest BCUT2D eigenvalue weighted by Crippen LogP contribution is 2.22. The Kier molecular flexibility index (Phi) is 4.02. The minimum Gasteiger partial charge on any atom is -0.488 e. The van der Waals surface area contributed by atoms with Crippen LogP contribution in [0.15, 0.2) is 33.5 Å². The Labute approximate surface area is 132 Å². The maximum absolute atomic E-state index is 12.4. The number of nitrogens with zero attached hydrogens (tertiary/aromatic N) is 1. The van der Waals surface area contributed by atoms with E-state index in [-0.39, 0.29) is 12.0 Å². The fourth-order valence-electron chi connectivity index (χ4n) is 2.55. The van der Waals surface area contributed by atoms with Crippen LogP contribution in [0.5, 0.6) is 5.75 Å². The van der Waals surface area contributed by atoms with Gasteiger partial charge in [-0.25, -0.2) is 4.79 Å². The molecular formula is C16H17NO4S. The van der Waals surface area contributed by atoms with Crippen LogP contribution >= 0.6 is 11.3 Å². The molecule has 2 aromatic rings. The zero-order chi connectivity index (χ0) is 15.7. The van der Waals surface area contributed by atoms with Crippen LogP contribution in [0.2, 0.25) is 0 Å². The van der Waals surface area contributed by atoms with E-state index in [1.165, 1.54) is 17.4 Å². The van der Waals surface area contributed by atoms with Crippen LogP contribution in [-0.4, -0.2) is 30.0 Å². The minimum atomic E-state index is -0.421. The Morgan fingerprint density at radius 3 is 2.86 bits per heavy atom. The molecule has 0 bridgehead atoms. The first kappa shape index (κ1) is 14.8. The number of hydrogen-bond acceptors (Lipinski definition) is 5. The molecule has 2 aromatic heterocycles. The molecule has 116 valence electrons. The first-order valence-electron chi connectivity index (χ1n) is 7.15. The first-order chi connectivity index (χ1) is 10.5. The third-order valence-corrected chi connectivity index (χ3v) is 4.54. The van der Waals surface area contributed by atoms with Gasteiger partial charge in [-0.15, -0.1) is 11.3 Å². The number of hydrogen-bond donors (Lipinski definition) is 0. The summed E-state index contributed by atoms with van der Waals surface area (Å²) < 4.78 is 10.7. The van der Waals surface area contributed by atoms with Gasteiger partial charge in [-0.3, -0.25) is 4.79 Å². The molecular weight excluding hydrogens is 302 g/mol. The summed E-state index contributed by atoms with van der Waals surface area (Å²) in [5.74, 6) is 1.07. The van der Waals surface area contributed by atoms with Gasteiger partial charge in [0.05, 0.1) is 17.5 Å². The lowest BCUT2D eigenvalue weighted by atomic mass is 10.3. The molecule has 1 aliphatic heterocycles. The van der Waals surface area contributed by atoms with Gasteiger partial charge in [-0.05, 0) is 26.0 Å². The molecule has 0 aromatic carbocycles. The lowest BCUT2D eigenvalue weighted by molar-refractivity contribution is 0.0777. The van der Waals surface area contributed by atoms with Crippen LogP contribution in [0, 0.1) is 13.8 Å². The van der Waals surface area contributed by atoms with Crippen LogP contribution < -0.4 is 10.4 Å². The molecule has 6 heteroatoms. The van der Waals surface area contributed by atoms with Crippen LogP contribution in [0.1, 0.15) is 26.7 Å².